The summed E-state index contributed by atoms with van der Waals surface area (Å²) in [7, 11) is 1.85. The van der Waals surface area contributed by atoms with Crippen LogP contribution in [-0.2, 0) is 29.6 Å². The first-order chi connectivity index (χ1) is 10.6. The molecule has 0 saturated carbocycles. The van der Waals surface area contributed by atoms with E-state index in [0.717, 1.165) is 29.3 Å². The lowest BCUT2D eigenvalue weighted by atomic mass is 9.94. The Kier molecular flexibility index (Phi) is 4.81. The first-order valence-electron chi connectivity index (χ1n) is 7.25. The third-order valence-corrected chi connectivity index (χ3v) is 5.16. The van der Waals surface area contributed by atoms with E-state index in [1.807, 2.05) is 19.2 Å². The van der Waals surface area contributed by atoms with Crippen LogP contribution in [0.3, 0.4) is 0 Å². The van der Waals surface area contributed by atoms with Gasteiger partial charge in [-0.05, 0) is 37.0 Å². The summed E-state index contributed by atoms with van der Waals surface area (Å²) in [6, 6.07) is 3.90. The number of thiophene rings is 1. The highest BCUT2D eigenvalue weighted by Crippen LogP contribution is 2.37. The second-order valence-corrected chi connectivity index (χ2v) is 7.15. The van der Waals surface area contributed by atoms with Crippen LogP contribution < -0.4 is 5.32 Å². The number of rotatable bonds is 5. The van der Waals surface area contributed by atoms with Crippen molar-refractivity contribution in [3.63, 3.8) is 0 Å². The fourth-order valence-electron chi connectivity index (χ4n) is 2.70. The minimum atomic E-state index is -0.0951. The molecule has 0 fully saturated rings. The van der Waals surface area contributed by atoms with E-state index in [0.29, 0.717) is 6.61 Å². The number of nitrogens with one attached hydrogen (secondary N) is 1. The molecule has 0 bridgehead atoms. The molecule has 0 radical (unpaired) electrons. The monoisotopic (exact) mass is 339 g/mol. The maximum atomic E-state index is 12.1. The Bertz CT molecular complexity index is 668. The lowest BCUT2D eigenvalue weighted by Crippen LogP contribution is -2.33. The van der Waals surface area contributed by atoms with E-state index < -0.39 is 0 Å². The van der Waals surface area contributed by atoms with Crippen molar-refractivity contribution in [2.24, 2.45) is 7.05 Å². The minimum Gasteiger partial charge on any atom is -0.365 e. The number of aromatic nitrogens is 2. The first kappa shape index (κ1) is 15.5. The molecule has 22 heavy (non-hydrogen) atoms. The zero-order chi connectivity index (χ0) is 15.5. The quantitative estimate of drug-likeness (QED) is 0.911. The van der Waals surface area contributed by atoms with Crippen LogP contribution in [0.1, 0.15) is 35.0 Å². The number of halogens is 1. The zero-order valence-corrected chi connectivity index (χ0v) is 13.9. The van der Waals surface area contributed by atoms with E-state index >= 15 is 0 Å². The summed E-state index contributed by atoms with van der Waals surface area (Å²) >= 11 is 7.69. The van der Waals surface area contributed by atoms with Gasteiger partial charge in [-0.15, -0.1) is 11.3 Å². The smallest absolute Gasteiger partial charge is 0.246 e. The summed E-state index contributed by atoms with van der Waals surface area (Å²) < 4.78 is 7.98. The van der Waals surface area contributed by atoms with Crippen LogP contribution in [0.25, 0.3) is 0 Å². The van der Waals surface area contributed by atoms with Crippen LogP contribution in [0.2, 0.25) is 4.34 Å². The standard InChI is InChI=1S/C15H18ClN3O2S/c1-19-10(5-6-17-19)8-21-9-15(20)18-12-3-2-4-13-11(12)7-14(16)22-13/h5-7,12H,2-4,8-9H2,1H3,(H,18,20). The first-order valence-corrected chi connectivity index (χ1v) is 8.45. The average molecular weight is 340 g/mol. The van der Waals surface area contributed by atoms with Crippen LogP contribution in [0.5, 0.6) is 0 Å². The van der Waals surface area contributed by atoms with Crippen molar-refractivity contribution >= 4 is 28.8 Å². The van der Waals surface area contributed by atoms with Gasteiger partial charge in [-0.2, -0.15) is 5.10 Å². The van der Waals surface area contributed by atoms with Crippen molar-refractivity contribution in [1.82, 2.24) is 15.1 Å². The van der Waals surface area contributed by atoms with Crippen LogP contribution in [0.15, 0.2) is 18.3 Å². The van der Waals surface area contributed by atoms with E-state index in [2.05, 4.69) is 10.4 Å². The Morgan fingerprint density at radius 3 is 3.27 bits per heavy atom. The van der Waals surface area contributed by atoms with Gasteiger partial charge < -0.3 is 10.1 Å². The van der Waals surface area contributed by atoms with Gasteiger partial charge in [0.1, 0.15) is 6.61 Å². The number of fused-ring (bicyclic) bond motifs is 1. The molecular weight excluding hydrogens is 322 g/mol. The molecule has 7 heteroatoms. The molecule has 0 aromatic carbocycles. The molecule has 0 aliphatic heterocycles. The lowest BCUT2D eigenvalue weighted by molar-refractivity contribution is -0.127. The average Bonchev–Trinajstić information content (AvgIpc) is 3.05. The molecule has 3 rings (SSSR count). The number of nitrogens with zero attached hydrogens (tertiary/aromatic N) is 2. The molecule has 2 aromatic heterocycles. The van der Waals surface area contributed by atoms with Gasteiger partial charge in [-0.25, -0.2) is 0 Å². The van der Waals surface area contributed by atoms with Gasteiger partial charge in [-0.1, -0.05) is 11.6 Å². The predicted octanol–water partition coefficient (Wildman–Crippen LogP) is 2.85. The van der Waals surface area contributed by atoms with E-state index in [-0.39, 0.29) is 18.6 Å². The molecule has 1 N–H and O–H groups in total. The van der Waals surface area contributed by atoms with Crippen molar-refractivity contribution in [3.8, 4) is 0 Å². The molecule has 1 aliphatic rings. The molecule has 1 atom stereocenters. The second kappa shape index (κ2) is 6.81. The van der Waals surface area contributed by atoms with E-state index in [1.165, 1.54) is 10.4 Å². The van der Waals surface area contributed by atoms with Crippen molar-refractivity contribution < 1.29 is 9.53 Å². The Hall–Kier alpha value is -1.37. The maximum Gasteiger partial charge on any atom is 0.246 e. The Balaban J connectivity index is 1.51. The Labute approximate surface area is 138 Å². The van der Waals surface area contributed by atoms with Crippen molar-refractivity contribution in [3.05, 3.63) is 38.8 Å². The fourth-order valence-corrected chi connectivity index (χ4v) is 4.08. The van der Waals surface area contributed by atoms with Crippen molar-refractivity contribution in [1.29, 1.82) is 0 Å². The molecule has 1 aliphatic carbocycles. The Morgan fingerprint density at radius 2 is 2.50 bits per heavy atom. The van der Waals surface area contributed by atoms with Gasteiger partial charge in [0.25, 0.3) is 0 Å². The summed E-state index contributed by atoms with van der Waals surface area (Å²) in [5.41, 5.74) is 2.11. The summed E-state index contributed by atoms with van der Waals surface area (Å²) in [5, 5.41) is 7.10. The number of aryl methyl sites for hydroxylation is 2. The van der Waals surface area contributed by atoms with Gasteiger partial charge in [0.15, 0.2) is 0 Å². The largest absolute Gasteiger partial charge is 0.365 e. The highest BCUT2D eigenvalue weighted by Gasteiger charge is 2.24. The van der Waals surface area contributed by atoms with Gasteiger partial charge in [0.2, 0.25) is 5.91 Å². The van der Waals surface area contributed by atoms with E-state index in [9.17, 15) is 4.79 Å². The normalized spacial score (nSPS) is 17.3. The maximum absolute atomic E-state index is 12.1. The van der Waals surface area contributed by atoms with Gasteiger partial charge >= 0.3 is 0 Å². The van der Waals surface area contributed by atoms with Gasteiger partial charge in [-0.3, -0.25) is 9.48 Å². The van der Waals surface area contributed by atoms with Crippen LogP contribution >= 0.6 is 22.9 Å². The molecule has 118 valence electrons. The van der Waals surface area contributed by atoms with Gasteiger partial charge in [0.05, 0.1) is 22.7 Å². The molecule has 2 aromatic rings. The van der Waals surface area contributed by atoms with E-state index in [1.54, 1.807) is 22.2 Å². The summed E-state index contributed by atoms with van der Waals surface area (Å²) in [6.45, 7) is 0.430. The predicted molar refractivity (Wildman–Crippen MR) is 86.0 cm³/mol. The number of ether oxygens (including phenoxy) is 1. The number of carbonyl (C=O) groups excluding carboxylic acids is 1. The summed E-state index contributed by atoms with van der Waals surface area (Å²) in [6.07, 6.45) is 4.79. The SMILES string of the molecule is Cn1nccc1COCC(=O)NC1CCCc2sc(Cl)cc21. The highest BCUT2D eigenvalue weighted by atomic mass is 35.5. The molecule has 0 saturated heterocycles. The lowest BCUT2D eigenvalue weighted by Gasteiger charge is -2.23. The van der Waals surface area contributed by atoms with Crippen molar-refractivity contribution in [2.45, 2.75) is 31.9 Å². The number of hydrogen-bond acceptors (Lipinski definition) is 4. The Morgan fingerprint density at radius 1 is 1.64 bits per heavy atom. The number of carbonyl (C=O) groups is 1. The fraction of sp³-hybridized carbons (Fsp3) is 0.467. The molecule has 1 unspecified atom stereocenters. The van der Waals surface area contributed by atoms with Crippen molar-refractivity contribution in [2.75, 3.05) is 6.61 Å². The number of hydrogen-bond donors (Lipinski definition) is 1. The molecule has 0 spiro atoms. The number of amides is 1. The third-order valence-electron chi connectivity index (χ3n) is 3.82. The molecular formula is C15H18ClN3O2S. The highest BCUT2D eigenvalue weighted by molar-refractivity contribution is 7.16. The molecule has 2 heterocycles. The minimum absolute atomic E-state index is 0.0505. The summed E-state index contributed by atoms with van der Waals surface area (Å²) in [5.74, 6) is -0.0951. The summed E-state index contributed by atoms with van der Waals surface area (Å²) in [4.78, 5) is 13.3. The van der Waals surface area contributed by atoms with Crippen LogP contribution in [0, 0.1) is 0 Å². The third kappa shape index (κ3) is 3.51. The van der Waals surface area contributed by atoms with Crippen LogP contribution in [0.4, 0.5) is 0 Å². The van der Waals surface area contributed by atoms with E-state index in [4.69, 9.17) is 16.3 Å². The van der Waals surface area contributed by atoms with Crippen LogP contribution in [-0.4, -0.2) is 22.3 Å². The van der Waals surface area contributed by atoms with Gasteiger partial charge in [0, 0.05) is 18.1 Å². The topological polar surface area (TPSA) is 56.2 Å². The zero-order valence-electron chi connectivity index (χ0n) is 12.3. The molecule has 5 nitrogen and oxygen atoms in total. The molecule has 1 amide bonds. The second-order valence-electron chi connectivity index (χ2n) is 5.38.